The molecule has 1 rings (SSSR count). The first-order chi connectivity index (χ1) is 13.5. The van der Waals surface area contributed by atoms with E-state index in [1.165, 1.54) is 6.92 Å². The van der Waals surface area contributed by atoms with Crippen molar-refractivity contribution in [3.63, 3.8) is 0 Å². The van der Waals surface area contributed by atoms with Gasteiger partial charge >= 0.3 is 36.0 Å². The second-order valence-corrected chi connectivity index (χ2v) is 7.88. The van der Waals surface area contributed by atoms with Gasteiger partial charge < -0.3 is 14.6 Å². The van der Waals surface area contributed by atoms with Gasteiger partial charge in [0.05, 0.1) is 5.41 Å². The molecule has 3 atom stereocenters. The molecule has 3 unspecified atom stereocenters. The summed E-state index contributed by atoms with van der Waals surface area (Å²) in [5.74, 6) is -20.2. The Kier molecular flexibility index (Phi) is 6.58. The SMILES string of the molecule is CCC(C)(C)C(=O)OC1(CC)C(F)(F)C(O)(C(F)(F)F)OC(CC)(C(F)(F)F)C1(F)F. The van der Waals surface area contributed by atoms with Gasteiger partial charge in [-0.05, 0) is 33.1 Å². The zero-order valence-electron chi connectivity index (χ0n) is 17.1. The number of aliphatic hydroxyl groups is 1. The minimum atomic E-state index is -6.69. The van der Waals surface area contributed by atoms with Crippen LogP contribution < -0.4 is 0 Å². The lowest BCUT2D eigenvalue weighted by molar-refractivity contribution is -0.558. The summed E-state index contributed by atoms with van der Waals surface area (Å²) in [6.45, 7) is 3.97. The summed E-state index contributed by atoms with van der Waals surface area (Å²) in [5, 5.41) is 9.72. The summed E-state index contributed by atoms with van der Waals surface area (Å²) in [6.07, 6.45) is -17.3. The first-order valence-corrected chi connectivity index (χ1v) is 9.07. The molecule has 0 saturated carbocycles. The molecule has 0 spiro atoms. The highest BCUT2D eigenvalue weighted by atomic mass is 19.4. The number of rotatable bonds is 5. The molecule has 1 N–H and O–H groups in total. The molecule has 1 heterocycles. The second kappa shape index (κ2) is 7.35. The highest BCUT2D eigenvalue weighted by Crippen LogP contribution is 2.68. The van der Waals surface area contributed by atoms with Crippen LogP contribution in [0.1, 0.15) is 53.9 Å². The van der Waals surface area contributed by atoms with Crippen LogP contribution in [-0.2, 0) is 14.3 Å². The molecule has 1 saturated heterocycles. The molecule has 1 aliphatic rings. The Labute approximate surface area is 170 Å². The third kappa shape index (κ3) is 3.30. The van der Waals surface area contributed by atoms with E-state index >= 15 is 17.6 Å². The van der Waals surface area contributed by atoms with Gasteiger partial charge in [-0.2, -0.15) is 43.9 Å². The van der Waals surface area contributed by atoms with Gasteiger partial charge in [-0.3, -0.25) is 4.79 Å². The summed E-state index contributed by atoms with van der Waals surface area (Å²) in [4.78, 5) is 12.3. The smallest absolute Gasteiger partial charge is 0.445 e. The first-order valence-electron chi connectivity index (χ1n) is 9.07. The molecule has 31 heavy (non-hydrogen) atoms. The highest BCUT2D eigenvalue weighted by Gasteiger charge is 2.96. The number of esters is 1. The molecular formula is C17H22F10O4. The van der Waals surface area contributed by atoms with Crippen LogP contribution in [0.25, 0.3) is 0 Å². The van der Waals surface area contributed by atoms with Crippen molar-refractivity contribution in [2.45, 2.75) is 95.1 Å². The van der Waals surface area contributed by atoms with Crippen LogP contribution in [0.3, 0.4) is 0 Å². The quantitative estimate of drug-likeness (QED) is 0.424. The van der Waals surface area contributed by atoms with Gasteiger partial charge in [0.15, 0.2) is 0 Å². The van der Waals surface area contributed by atoms with Crippen molar-refractivity contribution < 1.29 is 63.3 Å². The number of carbonyl (C=O) groups is 1. The monoisotopic (exact) mass is 480 g/mol. The molecule has 184 valence electrons. The first kappa shape index (κ1) is 27.7. The topological polar surface area (TPSA) is 55.8 Å². The van der Waals surface area contributed by atoms with E-state index in [1.807, 2.05) is 0 Å². The lowest BCUT2D eigenvalue weighted by Gasteiger charge is -2.60. The fourth-order valence-electron chi connectivity index (χ4n) is 3.23. The van der Waals surface area contributed by atoms with Crippen molar-refractivity contribution in [2.24, 2.45) is 5.41 Å². The average molecular weight is 480 g/mol. The maximum absolute atomic E-state index is 15.3. The Bertz CT molecular complexity index is 702. The molecular weight excluding hydrogens is 458 g/mol. The lowest BCUT2D eigenvalue weighted by Crippen LogP contribution is -2.87. The molecule has 1 fully saturated rings. The summed E-state index contributed by atoms with van der Waals surface area (Å²) < 4.78 is 150. The predicted octanol–water partition coefficient (Wildman–Crippen LogP) is 5.38. The Morgan fingerprint density at radius 1 is 0.871 bits per heavy atom. The molecule has 4 nitrogen and oxygen atoms in total. The number of hydrogen-bond donors (Lipinski definition) is 1. The van der Waals surface area contributed by atoms with Crippen LogP contribution in [0.15, 0.2) is 0 Å². The second-order valence-electron chi connectivity index (χ2n) is 7.88. The van der Waals surface area contributed by atoms with E-state index in [9.17, 15) is 36.2 Å². The van der Waals surface area contributed by atoms with Gasteiger partial charge in [0.1, 0.15) is 0 Å². The van der Waals surface area contributed by atoms with Gasteiger partial charge in [0.25, 0.3) is 0 Å². The third-order valence-corrected chi connectivity index (χ3v) is 5.81. The molecule has 0 radical (unpaired) electrons. The van der Waals surface area contributed by atoms with Crippen LogP contribution in [-0.4, -0.2) is 52.3 Å². The van der Waals surface area contributed by atoms with E-state index in [0.717, 1.165) is 13.8 Å². The summed E-state index contributed by atoms with van der Waals surface area (Å²) in [7, 11) is 0. The van der Waals surface area contributed by atoms with Gasteiger partial charge in [0.2, 0.25) is 11.2 Å². The third-order valence-electron chi connectivity index (χ3n) is 5.81. The van der Waals surface area contributed by atoms with Crippen LogP contribution in [0, 0.1) is 5.41 Å². The number of carbonyl (C=O) groups excluding carboxylic acids is 1. The summed E-state index contributed by atoms with van der Waals surface area (Å²) in [5.41, 5.74) is -12.2. The molecule has 0 aromatic rings. The van der Waals surface area contributed by atoms with Crippen LogP contribution >= 0.6 is 0 Å². The highest BCUT2D eigenvalue weighted by molar-refractivity contribution is 5.76. The molecule has 0 bridgehead atoms. The van der Waals surface area contributed by atoms with Crippen molar-refractivity contribution in [2.75, 3.05) is 0 Å². The number of alkyl halides is 10. The fraction of sp³-hybridized carbons (Fsp3) is 0.941. The van der Waals surface area contributed by atoms with Crippen molar-refractivity contribution in [1.29, 1.82) is 0 Å². The molecule has 0 amide bonds. The molecule has 1 aliphatic heterocycles. The van der Waals surface area contributed by atoms with Crippen molar-refractivity contribution in [1.82, 2.24) is 0 Å². The van der Waals surface area contributed by atoms with E-state index in [2.05, 4.69) is 9.47 Å². The fourth-order valence-corrected chi connectivity index (χ4v) is 3.23. The Hall–Kier alpha value is -1.31. The van der Waals surface area contributed by atoms with Crippen LogP contribution in [0.2, 0.25) is 0 Å². The molecule has 0 aromatic carbocycles. The van der Waals surface area contributed by atoms with Crippen molar-refractivity contribution in [3.8, 4) is 0 Å². The van der Waals surface area contributed by atoms with Crippen molar-refractivity contribution in [3.05, 3.63) is 0 Å². The van der Waals surface area contributed by atoms with Crippen molar-refractivity contribution >= 4 is 5.97 Å². The number of hydrogen-bond acceptors (Lipinski definition) is 4. The maximum Gasteiger partial charge on any atom is 0.449 e. The summed E-state index contributed by atoms with van der Waals surface area (Å²) in [6, 6.07) is 0. The Morgan fingerprint density at radius 2 is 1.32 bits per heavy atom. The Balaban J connectivity index is 4.12. The molecule has 0 aliphatic carbocycles. The van der Waals surface area contributed by atoms with Gasteiger partial charge in [0, 0.05) is 0 Å². The van der Waals surface area contributed by atoms with E-state index in [1.54, 1.807) is 0 Å². The normalized spacial score (nSPS) is 33.8. The van der Waals surface area contributed by atoms with Gasteiger partial charge in [-0.1, -0.05) is 20.8 Å². The Morgan fingerprint density at radius 3 is 1.61 bits per heavy atom. The van der Waals surface area contributed by atoms with E-state index < -0.39 is 65.4 Å². The number of ether oxygens (including phenoxy) is 2. The van der Waals surface area contributed by atoms with E-state index in [4.69, 9.17) is 0 Å². The molecule has 14 heteroatoms. The minimum absolute atomic E-state index is 0.249. The largest absolute Gasteiger partial charge is 0.449 e. The lowest BCUT2D eigenvalue weighted by atomic mass is 9.68. The maximum atomic E-state index is 15.3. The van der Waals surface area contributed by atoms with Gasteiger partial charge in [-0.25, -0.2) is 0 Å². The van der Waals surface area contributed by atoms with E-state index in [0.29, 0.717) is 13.8 Å². The van der Waals surface area contributed by atoms with Crippen LogP contribution in [0.5, 0.6) is 0 Å². The minimum Gasteiger partial charge on any atom is -0.445 e. The van der Waals surface area contributed by atoms with Gasteiger partial charge in [-0.15, -0.1) is 0 Å². The zero-order chi connectivity index (χ0) is 25.1. The number of halogens is 10. The molecule has 0 aromatic heterocycles. The zero-order valence-corrected chi connectivity index (χ0v) is 17.1. The van der Waals surface area contributed by atoms with Crippen LogP contribution in [0.4, 0.5) is 43.9 Å². The summed E-state index contributed by atoms with van der Waals surface area (Å²) >= 11 is 0. The standard InChI is InChI=1S/C17H22F10O4/c1-6-10(4,5)9(28)30-11(7-2)13(18,19)12(8-3,16(22,23)24)31-15(29,14(11,20)21)17(25,26)27/h29H,6-8H2,1-5H3. The average Bonchev–Trinajstić information content (AvgIpc) is 2.59. The van der Waals surface area contributed by atoms with E-state index in [-0.39, 0.29) is 6.42 Å². The predicted molar refractivity (Wildman–Crippen MR) is 84.2 cm³/mol.